The molecule has 0 bridgehead atoms. The monoisotopic (exact) mass is 302 g/mol. The molecule has 2 fully saturated rings. The molecular weight excluding hydrogens is 276 g/mol. The Balaban J connectivity index is 1.83. The average Bonchev–Trinajstić information content (AvgIpc) is 2.89. The highest BCUT2D eigenvalue weighted by atomic mass is 16.3. The fraction of sp³-hybridized carbons (Fsp3) is 0.684. The zero-order valence-corrected chi connectivity index (χ0v) is 13.5. The van der Waals surface area contributed by atoms with E-state index in [0.717, 1.165) is 12.0 Å². The lowest BCUT2D eigenvalue weighted by atomic mass is 9.52. The van der Waals surface area contributed by atoms with Crippen molar-refractivity contribution in [3.05, 3.63) is 34.8 Å². The van der Waals surface area contributed by atoms with Gasteiger partial charge in [-0.15, -0.1) is 0 Å². The van der Waals surface area contributed by atoms with E-state index in [1.165, 1.54) is 31.3 Å². The summed E-state index contributed by atoms with van der Waals surface area (Å²) in [4.78, 5) is 0. The van der Waals surface area contributed by atoms with Crippen LogP contribution in [0.5, 0.6) is 0 Å². The normalized spacial score (nSPS) is 47.3. The first-order chi connectivity index (χ1) is 10.4. The molecule has 2 saturated carbocycles. The second kappa shape index (κ2) is 4.41. The van der Waals surface area contributed by atoms with Gasteiger partial charge in [-0.05, 0) is 49.9 Å². The molecule has 3 heteroatoms. The van der Waals surface area contributed by atoms with Crippen molar-refractivity contribution >= 4 is 0 Å². The minimum atomic E-state index is -0.963. The van der Waals surface area contributed by atoms with Gasteiger partial charge < -0.3 is 15.3 Å². The lowest BCUT2D eigenvalue weighted by Crippen LogP contribution is -2.46. The van der Waals surface area contributed by atoms with Crippen molar-refractivity contribution in [1.29, 1.82) is 0 Å². The van der Waals surface area contributed by atoms with Gasteiger partial charge in [0.05, 0.1) is 5.41 Å². The van der Waals surface area contributed by atoms with Gasteiger partial charge in [-0.25, -0.2) is 0 Å². The van der Waals surface area contributed by atoms with Crippen molar-refractivity contribution in [3.8, 4) is 0 Å². The Bertz CT molecular complexity index is 614. The van der Waals surface area contributed by atoms with Crippen molar-refractivity contribution in [2.24, 2.45) is 22.7 Å². The largest absolute Gasteiger partial charge is 0.508 e. The summed E-state index contributed by atoms with van der Waals surface area (Å²) in [5.74, 6) is 0.649. The van der Waals surface area contributed by atoms with E-state index in [1.54, 1.807) is 0 Å². The third-order valence-corrected chi connectivity index (χ3v) is 7.20. The van der Waals surface area contributed by atoms with Crippen molar-refractivity contribution < 1.29 is 15.3 Å². The fourth-order valence-electron chi connectivity index (χ4n) is 5.76. The number of hydrogen-bond donors (Lipinski definition) is 3. The Kier molecular flexibility index (Phi) is 2.88. The van der Waals surface area contributed by atoms with Gasteiger partial charge in [0.2, 0.25) is 0 Å². The number of rotatable bonds is 0. The van der Waals surface area contributed by atoms with Crippen molar-refractivity contribution in [2.45, 2.75) is 58.5 Å². The van der Waals surface area contributed by atoms with Gasteiger partial charge in [0.15, 0.2) is 5.76 Å². The van der Waals surface area contributed by atoms with Crippen LogP contribution < -0.4 is 0 Å². The third kappa shape index (κ3) is 1.61. The van der Waals surface area contributed by atoms with Gasteiger partial charge in [0.1, 0.15) is 11.9 Å². The summed E-state index contributed by atoms with van der Waals surface area (Å²) in [5.41, 5.74) is 2.41. The molecule has 0 amide bonds. The molecule has 0 aromatic heterocycles. The topological polar surface area (TPSA) is 60.7 Å². The standard InChI is InChI=1S/C19H26O3/c1-18-8-3-4-13(18)12-6-5-11-10-15(20)16(21)17(22)19(11,2)14(12)7-9-18/h5-6,13-15,20-22H,3-4,7-10H2,1-2H3/t13-,14-,15?,18-,19-/m0/s1. The van der Waals surface area contributed by atoms with E-state index >= 15 is 0 Å². The first-order valence-electron chi connectivity index (χ1n) is 8.59. The molecule has 0 heterocycles. The Hall–Kier alpha value is -1.22. The van der Waals surface area contributed by atoms with Crippen LogP contribution in [0.3, 0.4) is 0 Å². The molecule has 0 aromatic carbocycles. The maximum atomic E-state index is 10.6. The van der Waals surface area contributed by atoms with Crippen LogP contribution >= 0.6 is 0 Å². The molecule has 0 aliphatic heterocycles. The molecule has 22 heavy (non-hydrogen) atoms. The van der Waals surface area contributed by atoms with Crippen LogP contribution in [0.2, 0.25) is 0 Å². The van der Waals surface area contributed by atoms with Gasteiger partial charge >= 0.3 is 0 Å². The second-order valence-electron chi connectivity index (χ2n) is 8.20. The molecule has 1 unspecified atom stereocenters. The van der Waals surface area contributed by atoms with Crippen molar-refractivity contribution in [2.75, 3.05) is 0 Å². The predicted octanol–water partition coefficient (Wildman–Crippen LogP) is 4.17. The van der Waals surface area contributed by atoms with Crippen LogP contribution in [0.25, 0.3) is 0 Å². The fourth-order valence-corrected chi connectivity index (χ4v) is 5.76. The molecule has 0 saturated heterocycles. The summed E-state index contributed by atoms with van der Waals surface area (Å²) in [6.07, 6.45) is 9.92. The van der Waals surface area contributed by atoms with E-state index in [2.05, 4.69) is 19.1 Å². The van der Waals surface area contributed by atoms with E-state index in [1.807, 2.05) is 6.92 Å². The van der Waals surface area contributed by atoms with Gasteiger partial charge in [-0.1, -0.05) is 36.6 Å². The Morgan fingerprint density at radius 2 is 1.82 bits per heavy atom. The molecule has 4 aliphatic carbocycles. The third-order valence-electron chi connectivity index (χ3n) is 7.20. The second-order valence-corrected chi connectivity index (χ2v) is 8.20. The molecular formula is C19H26O3. The van der Waals surface area contributed by atoms with E-state index < -0.39 is 11.5 Å². The zero-order chi connectivity index (χ0) is 15.7. The highest BCUT2D eigenvalue weighted by Gasteiger charge is 2.55. The first kappa shape index (κ1) is 14.4. The van der Waals surface area contributed by atoms with Crippen LogP contribution in [0.1, 0.15) is 52.4 Å². The molecule has 3 N–H and O–H groups in total. The van der Waals surface area contributed by atoms with E-state index in [0.29, 0.717) is 17.8 Å². The summed E-state index contributed by atoms with van der Waals surface area (Å²) in [6.45, 7) is 4.46. The number of aliphatic hydroxyl groups excluding tert-OH is 3. The van der Waals surface area contributed by atoms with Crippen molar-refractivity contribution in [1.82, 2.24) is 0 Å². The predicted molar refractivity (Wildman–Crippen MR) is 85.4 cm³/mol. The Labute approximate surface area is 132 Å². The molecule has 120 valence electrons. The summed E-state index contributed by atoms with van der Waals surface area (Å²) >= 11 is 0. The summed E-state index contributed by atoms with van der Waals surface area (Å²) in [5, 5.41) is 30.7. The van der Waals surface area contributed by atoms with Crippen LogP contribution in [-0.2, 0) is 0 Å². The van der Waals surface area contributed by atoms with Crippen LogP contribution in [0.15, 0.2) is 34.8 Å². The van der Waals surface area contributed by atoms with Crippen LogP contribution in [0.4, 0.5) is 0 Å². The summed E-state index contributed by atoms with van der Waals surface area (Å²) in [7, 11) is 0. The van der Waals surface area contributed by atoms with Gasteiger partial charge in [-0.3, -0.25) is 0 Å². The molecule has 0 spiro atoms. The lowest BCUT2D eigenvalue weighted by molar-refractivity contribution is 0.0581. The summed E-state index contributed by atoms with van der Waals surface area (Å²) < 4.78 is 0. The van der Waals surface area contributed by atoms with E-state index in [-0.39, 0.29) is 17.4 Å². The molecule has 0 radical (unpaired) electrons. The minimum absolute atomic E-state index is 0.00491. The van der Waals surface area contributed by atoms with Gasteiger partial charge in [0.25, 0.3) is 0 Å². The molecule has 4 rings (SSSR count). The lowest BCUT2D eigenvalue weighted by Gasteiger charge is -2.52. The number of fused-ring (bicyclic) bond motifs is 5. The highest BCUT2D eigenvalue weighted by molar-refractivity contribution is 5.45. The Morgan fingerprint density at radius 1 is 1.05 bits per heavy atom. The summed E-state index contributed by atoms with van der Waals surface area (Å²) in [6, 6.07) is 0. The Morgan fingerprint density at radius 3 is 2.59 bits per heavy atom. The van der Waals surface area contributed by atoms with Crippen LogP contribution in [0, 0.1) is 22.7 Å². The van der Waals surface area contributed by atoms with Gasteiger partial charge in [-0.2, -0.15) is 0 Å². The molecule has 3 nitrogen and oxygen atoms in total. The number of hydrogen-bond acceptors (Lipinski definition) is 3. The molecule has 0 aromatic rings. The highest BCUT2D eigenvalue weighted by Crippen LogP contribution is 2.63. The van der Waals surface area contributed by atoms with E-state index in [4.69, 9.17) is 0 Å². The van der Waals surface area contributed by atoms with Crippen LogP contribution in [-0.4, -0.2) is 21.4 Å². The first-order valence-corrected chi connectivity index (χ1v) is 8.59. The maximum Gasteiger partial charge on any atom is 0.160 e. The quantitative estimate of drug-likeness (QED) is 0.629. The van der Waals surface area contributed by atoms with Gasteiger partial charge in [0, 0.05) is 6.42 Å². The molecule has 4 aliphatic rings. The smallest absolute Gasteiger partial charge is 0.160 e. The van der Waals surface area contributed by atoms with E-state index in [9.17, 15) is 15.3 Å². The molecule has 5 atom stereocenters. The SMILES string of the molecule is C[C@@]12CCC[C@H]1C1=CC=C3CC(O)C(O)=C(O)[C@]3(C)[C@H]1CC2. The zero-order valence-electron chi connectivity index (χ0n) is 13.5. The minimum Gasteiger partial charge on any atom is -0.508 e. The number of allylic oxidation sites excluding steroid dienone is 4. The number of aliphatic hydroxyl groups is 3. The van der Waals surface area contributed by atoms with Crippen molar-refractivity contribution in [3.63, 3.8) is 0 Å². The maximum absolute atomic E-state index is 10.6. The average molecular weight is 302 g/mol.